The number of carbonyl (C=O) groups excluding carboxylic acids is 1. The lowest BCUT2D eigenvalue weighted by Crippen LogP contribution is -2.45. The van der Waals surface area contributed by atoms with Crippen LogP contribution in [0.3, 0.4) is 0 Å². The monoisotopic (exact) mass is 278 g/mol. The lowest BCUT2D eigenvalue weighted by Gasteiger charge is -2.19. The summed E-state index contributed by atoms with van der Waals surface area (Å²) in [6.45, 7) is 1.95. The van der Waals surface area contributed by atoms with Gasteiger partial charge in [0.2, 0.25) is 5.91 Å². The van der Waals surface area contributed by atoms with E-state index in [4.69, 9.17) is 5.11 Å². The summed E-state index contributed by atoms with van der Waals surface area (Å²) < 4.78 is 0. The predicted octanol–water partition coefficient (Wildman–Crippen LogP) is 0.536. The maximum absolute atomic E-state index is 11.4. The van der Waals surface area contributed by atoms with Crippen molar-refractivity contribution in [3.05, 3.63) is 29.8 Å². The summed E-state index contributed by atoms with van der Waals surface area (Å²) in [4.78, 5) is 22.7. The van der Waals surface area contributed by atoms with Gasteiger partial charge in [-0.25, -0.2) is 4.79 Å². The van der Waals surface area contributed by atoms with Gasteiger partial charge in [0.25, 0.3) is 0 Å². The molecule has 20 heavy (non-hydrogen) atoms. The van der Waals surface area contributed by atoms with Crippen molar-refractivity contribution in [3.8, 4) is 0 Å². The number of nitrogens with one attached hydrogen (secondary N) is 2. The molecule has 1 aromatic carbocycles. The zero-order valence-electron chi connectivity index (χ0n) is 11.2. The van der Waals surface area contributed by atoms with Gasteiger partial charge in [-0.2, -0.15) is 0 Å². The number of para-hydroxylation sites is 1. The van der Waals surface area contributed by atoms with Crippen molar-refractivity contribution in [1.82, 2.24) is 5.32 Å². The van der Waals surface area contributed by atoms with Crippen molar-refractivity contribution in [2.75, 3.05) is 11.9 Å². The fraction of sp³-hybridized carbons (Fsp3) is 0.429. The van der Waals surface area contributed by atoms with Gasteiger partial charge < -0.3 is 20.8 Å². The SMILES string of the molecule is CC(O)C(=O)NC(CC1CNc2ccccc21)C(=O)O. The highest BCUT2D eigenvalue weighted by Crippen LogP contribution is 2.33. The average molecular weight is 278 g/mol. The van der Waals surface area contributed by atoms with Crippen molar-refractivity contribution >= 4 is 17.6 Å². The summed E-state index contributed by atoms with van der Waals surface area (Å²) in [5.41, 5.74) is 2.06. The van der Waals surface area contributed by atoms with Crippen molar-refractivity contribution in [2.45, 2.75) is 31.4 Å². The molecule has 3 atom stereocenters. The van der Waals surface area contributed by atoms with Crippen LogP contribution in [0.2, 0.25) is 0 Å². The number of aliphatic hydroxyl groups excluding tert-OH is 1. The molecule has 2 rings (SSSR count). The molecule has 4 N–H and O–H groups in total. The first-order valence-electron chi connectivity index (χ1n) is 6.53. The number of carboxylic acid groups (broad SMARTS) is 1. The van der Waals surface area contributed by atoms with Crippen LogP contribution in [0.4, 0.5) is 5.69 Å². The largest absolute Gasteiger partial charge is 0.480 e. The lowest BCUT2D eigenvalue weighted by atomic mass is 9.94. The van der Waals surface area contributed by atoms with E-state index in [1.54, 1.807) is 0 Å². The van der Waals surface area contributed by atoms with E-state index in [0.717, 1.165) is 11.3 Å². The van der Waals surface area contributed by atoms with Crippen LogP contribution in [-0.4, -0.2) is 40.8 Å². The second-order valence-electron chi connectivity index (χ2n) is 4.98. The Balaban J connectivity index is 2.07. The highest BCUT2D eigenvalue weighted by molar-refractivity contribution is 5.86. The van der Waals surface area contributed by atoms with Gasteiger partial charge in [-0.05, 0) is 25.0 Å². The molecule has 0 aromatic heterocycles. The summed E-state index contributed by atoms with van der Waals surface area (Å²) in [6, 6.07) is 6.71. The number of aliphatic carboxylic acids is 1. The first kappa shape index (κ1) is 14.3. The quantitative estimate of drug-likeness (QED) is 0.630. The fourth-order valence-electron chi connectivity index (χ4n) is 2.37. The molecule has 3 unspecified atom stereocenters. The average Bonchev–Trinajstić information content (AvgIpc) is 2.81. The highest BCUT2D eigenvalue weighted by atomic mass is 16.4. The van der Waals surface area contributed by atoms with Gasteiger partial charge in [-0.15, -0.1) is 0 Å². The summed E-state index contributed by atoms with van der Waals surface area (Å²) in [7, 11) is 0. The number of benzene rings is 1. The number of hydrogen-bond donors (Lipinski definition) is 4. The molecule has 1 aliphatic heterocycles. The third-order valence-corrected chi connectivity index (χ3v) is 3.45. The third kappa shape index (κ3) is 3.08. The van der Waals surface area contributed by atoms with Crippen LogP contribution >= 0.6 is 0 Å². The molecule has 108 valence electrons. The minimum absolute atomic E-state index is 0.0293. The fourth-order valence-corrected chi connectivity index (χ4v) is 2.37. The van der Waals surface area contributed by atoms with E-state index in [-0.39, 0.29) is 12.3 Å². The smallest absolute Gasteiger partial charge is 0.326 e. The molecule has 0 fully saturated rings. The van der Waals surface area contributed by atoms with Crippen LogP contribution in [0, 0.1) is 0 Å². The molecule has 1 amide bonds. The number of anilines is 1. The maximum Gasteiger partial charge on any atom is 0.326 e. The van der Waals surface area contributed by atoms with Crippen LogP contribution in [0.1, 0.15) is 24.8 Å². The van der Waals surface area contributed by atoms with Gasteiger partial charge in [0.05, 0.1) is 0 Å². The van der Waals surface area contributed by atoms with E-state index in [9.17, 15) is 14.7 Å². The van der Waals surface area contributed by atoms with Gasteiger partial charge in [0.1, 0.15) is 12.1 Å². The van der Waals surface area contributed by atoms with Crippen molar-refractivity contribution < 1.29 is 19.8 Å². The first-order chi connectivity index (χ1) is 9.49. The van der Waals surface area contributed by atoms with E-state index in [1.807, 2.05) is 24.3 Å². The van der Waals surface area contributed by atoms with Crippen molar-refractivity contribution in [2.24, 2.45) is 0 Å². The number of hydrogen-bond acceptors (Lipinski definition) is 4. The molecule has 1 heterocycles. The molecule has 0 bridgehead atoms. The Morgan fingerprint density at radius 1 is 1.45 bits per heavy atom. The number of amides is 1. The van der Waals surface area contributed by atoms with Crippen LogP contribution in [0.25, 0.3) is 0 Å². The van der Waals surface area contributed by atoms with E-state index in [1.165, 1.54) is 6.92 Å². The van der Waals surface area contributed by atoms with E-state index < -0.39 is 24.0 Å². The zero-order valence-corrected chi connectivity index (χ0v) is 11.2. The molecule has 0 radical (unpaired) electrons. The number of aliphatic hydroxyl groups is 1. The maximum atomic E-state index is 11.4. The zero-order chi connectivity index (χ0) is 14.7. The van der Waals surface area contributed by atoms with E-state index in [0.29, 0.717) is 6.54 Å². The molecule has 1 aliphatic rings. The minimum Gasteiger partial charge on any atom is -0.480 e. The highest BCUT2D eigenvalue weighted by Gasteiger charge is 2.29. The molecule has 6 heteroatoms. The first-order valence-corrected chi connectivity index (χ1v) is 6.53. The number of carbonyl (C=O) groups is 2. The Hall–Kier alpha value is -2.08. The molecular formula is C14H18N2O4. The predicted molar refractivity (Wildman–Crippen MR) is 73.5 cm³/mol. The van der Waals surface area contributed by atoms with Crippen LogP contribution in [0.5, 0.6) is 0 Å². The molecule has 1 aromatic rings. The Bertz CT molecular complexity index is 516. The molecule has 0 saturated heterocycles. The van der Waals surface area contributed by atoms with Crippen LogP contribution < -0.4 is 10.6 Å². The topological polar surface area (TPSA) is 98.7 Å². The van der Waals surface area contributed by atoms with Crippen LogP contribution in [-0.2, 0) is 9.59 Å². The second kappa shape index (κ2) is 5.92. The number of carboxylic acids is 1. The summed E-state index contributed by atoms with van der Waals surface area (Å²) >= 11 is 0. The third-order valence-electron chi connectivity index (χ3n) is 3.45. The molecule has 0 saturated carbocycles. The van der Waals surface area contributed by atoms with Gasteiger partial charge in [0, 0.05) is 18.2 Å². The molecule has 0 spiro atoms. The summed E-state index contributed by atoms with van der Waals surface area (Å²) in [5, 5.41) is 23.9. The second-order valence-corrected chi connectivity index (χ2v) is 4.98. The van der Waals surface area contributed by atoms with Gasteiger partial charge in [-0.3, -0.25) is 4.79 Å². The van der Waals surface area contributed by atoms with Gasteiger partial charge >= 0.3 is 5.97 Å². The van der Waals surface area contributed by atoms with Crippen molar-refractivity contribution in [1.29, 1.82) is 0 Å². The molecule has 6 nitrogen and oxygen atoms in total. The lowest BCUT2D eigenvalue weighted by molar-refractivity contribution is -0.143. The minimum atomic E-state index is -1.22. The Morgan fingerprint density at radius 2 is 2.15 bits per heavy atom. The standard InChI is InChI=1S/C14H18N2O4/c1-8(17)13(18)16-12(14(19)20)6-9-7-15-11-5-3-2-4-10(9)11/h2-5,8-9,12,15,17H,6-7H2,1H3,(H,16,18)(H,19,20). The van der Waals surface area contributed by atoms with Crippen LogP contribution in [0.15, 0.2) is 24.3 Å². The Labute approximate surface area is 116 Å². The van der Waals surface area contributed by atoms with Crippen molar-refractivity contribution in [3.63, 3.8) is 0 Å². The number of fused-ring (bicyclic) bond motifs is 1. The van der Waals surface area contributed by atoms with E-state index in [2.05, 4.69) is 10.6 Å². The Morgan fingerprint density at radius 3 is 2.80 bits per heavy atom. The van der Waals surface area contributed by atoms with Gasteiger partial charge in [-0.1, -0.05) is 18.2 Å². The molecule has 0 aliphatic carbocycles. The van der Waals surface area contributed by atoms with Gasteiger partial charge in [0.15, 0.2) is 0 Å². The normalized spacial score (nSPS) is 19.6. The van der Waals surface area contributed by atoms with E-state index >= 15 is 0 Å². The summed E-state index contributed by atoms with van der Waals surface area (Å²) in [5.74, 6) is -1.73. The molecular weight excluding hydrogens is 260 g/mol. The Kier molecular flexibility index (Phi) is 4.24. The number of rotatable bonds is 5. The summed E-state index contributed by atoms with van der Waals surface area (Å²) in [6.07, 6.45) is -0.927.